The molecule has 0 unspecified atom stereocenters. The lowest BCUT2D eigenvalue weighted by Gasteiger charge is -2.11. The highest BCUT2D eigenvalue weighted by atomic mass is 19.1. The molecule has 2 aromatic heterocycles. The summed E-state index contributed by atoms with van der Waals surface area (Å²) in [5.41, 5.74) is 2.13. The first-order valence-corrected chi connectivity index (χ1v) is 12.6. The average molecular weight is 563 g/mol. The first kappa shape index (κ1) is 27.8. The van der Waals surface area contributed by atoms with E-state index in [0.29, 0.717) is 35.6 Å². The second kappa shape index (κ2) is 11.8. The normalized spacial score (nSPS) is 11.2. The molecule has 8 nitrogen and oxygen atoms in total. The zero-order chi connectivity index (χ0) is 29.1. The molecule has 5 aromatic rings. The van der Waals surface area contributed by atoms with E-state index in [0.717, 1.165) is 17.7 Å². The van der Waals surface area contributed by atoms with Crippen LogP contribution >= 0.6 is 0 Å². The van der Waals surface area contributed by atoms with Gasteiger partial charge in [0.1, 0.15) is 29.9 Å². The molecule has 2 heterocycles. The molecule has 41 heavy (non-hydrogen) atoms. The summed E-state index contributed by atoms with van der Waals surface area (Å²) in [5.74, 6) is -2.56. The van der Waals surface area contributed by atoms with Gasteiger partial charge in [0, 0.05) is 37.9 Å². The molecule has 210 valence electrons. The summed E-state index contributed by atoms with van der Waals surface area (Å²) in [6.45, 7) is 2.31. The minimum Gasteiger partial charge on any atom is -0.478 e. The summed E-state index contributed by atoms with van der Waals surface area (Å²) >= 11 is 0. The Labute approximate surface area is 233 Å². The monoisotopic (exact) mass is 562 g/mol. The Morgan fingerprint density at radius 1 is 0.951 bits per heavy atom. The minimum atomic E-state index is -1.09. The lowest BCUT2D eigenvalue weighted by atomic mass is 10.1. The number of carbonyl (C=O) groups is 1. The van der Waals surface area contributed by atoms with E-state index in [-0.39, 0.29) is 41.4 Å². The third-order valence-electron chi connectivity index (χ3n) is 6.53. The second-order valence-corrected chi connectivity index (χ2v) is 9.38. The Balaban J connectivity index is 1.41. The van der Waals surface area contributed by atoms with Crippen molar-refractivity contribution in [3.63, 3.8) is 0 Å². The van der Waals surface area contributed by atoms with Gasteiger partial charge in [0.05, 0.1) is 28.8 Å². The number of imidazole rings is 1. The molecule has 0 amide bonds. The van der Waals surface area contributed by atoms with Gasteiger partial charge in [0.15, 0.2) is 5.82 Å². The van der Waals surface area contributed by atoms with Crippen LogP contribution in [0.3, 0.4) is 0 Å². The van der Waals surface area contributed by atoms with Crippen molar-refractivity contribution in [1.29, 1.82) is 0 Å². The van der Waals surface area contributed by atoms with Crippen molar-refractivity contribution < 1.29 is 32.5 Å². The van der Waals surface area contributed by atoms with Crippen molar-refractivity contribution in [1.82, 2.24) is 19.5 Å². The van der Waals surface area contributed by atoms with Crippen LogP contribution in [0.15, 0.2) is 60.8 Å². The smallest absolute Gasteiger partial charge is 0.335 e. The van der Waals surface area contributed by atoms with E-state index >= 15 is 8.78 Å². The maximum atomic E-state index is 15.3. The van der Waals surface area contributed by atoms with Crippen LogP contribution in [0.25, 0.3) is 22.4 Å². The predicted molar refractivity (Wildman–Crippen MR) is 144 cm³/mol. The summed E-state index contributed by atoms with van der Waals surface area (Å²) in [6.07, 6.45) is 1.29. The van der Waals surface area contributed by atoms with Gasteiger partial charge in [-0.2, -0.15) is 4.98 Å². The number of aryl methyl sites for hydroxylation is 1. The van der Waals surface area contributed by atoms with E-state index in [4.69, 9.17) is 9.47 Å². The van der Waals surface area contributed by atoms with Crippen LogP contribution in [0.5, 0.6) is 5.88 Å². The number of aromatic carboxylic acids is 1. The average Bonchev–Trinajstić information content (AvgIpc) is 3.29. The Kier molecular flexibility index (Phi) is 7.97. The fourth-order valence-corrected chi connectivity index (χ4v) is 4.41. The van der Waals surface area contributed by atoms with Crippen LogP contribution in [0, 0.1) is 24.4 Å². The van der Waals surface area contributed by atoms with Gasteiger partial charge in [-0.05, 0) is 54.4 Å². The van der Waals surface area contributed by atoms with Crippen molar-refractivity contribution in [2.75, 3.05) is 13.7 Å². The molecule has 0 saturated carbocycles. The maximum absolute atomic E-state index is 15.3. The quantitative estimate of drug-likeness (QED) is 0.232. The largest absolute Gasteiger partial charge is 0.478 e. The lowest BCUT2D eigenvalue weighted by Crippen LogP contribution is -2.10. The van der Waals surface area contributed by atoms with Crippen molar-refractivity contribution in [3.05, 3.63) is 106 Å². The number of aromatic nitrogens is 4. The lowest BCUT2D eigenvalue weighted by molar-refractivity contribution is 0.0697. The van der Waals surface area contributed by atoms with Crippen molar-refractivity contribution in [2.45, 2.75) is 26.5 Å². The van der Waals surface area contributed by atoms with Crippen LogP contribution in [-0.4, -0.2) is 44.3 Å². The van der Waals surface area contributed by atoms with Crippen LogP contribution in [0.4, 0.5) is 13.2 Å². The third-order valence-corrected chi connectivity index (χ3v) is 6.53. The number of hydrogen-bond donors (Lipinski definition) is 1. The molecule has 0 aliphatic heterocycles. The first-order valence-electron chi connectivity index (χ1n) is 12.6. The molecule has 0 fully saturated rings. The molecular formula is C30H25F3N4O4. The molecular weight excluding hydrogens is 537 g/mol. The van der Waals surface area contributed by atoms with E-state index in [1.54, 1.807) is 29.7 Å². The number of carboxylic acids is 1. The second-order valence-electron chi connectivity index (χ2n) is 9.38. The summed E-state index contributed by atoms with van der Waals surface area (Å²) in [6, 6.07) is 12.8. The van der Waals surface area contributed by atoms with E-state index in [1.807, 2.05) is 0 Å². The SMILES string of the molecule is COCCn1c(Cc2cc(F)c(-c3nccc(OCc4ccc(C)cc4F)n3)cc2F)nc2ccc(C(=O)O)cc21. The molecule has 0 bridgehead atoms. The molecule has 0 aliphatic rings. The summed E-state index contributed by atoms with van der Waals surface area (Å²) in [4.78, 5) is 24.2. The molecule has 0 saturated heterocycles. The van der Waals surface area contributed by atoms with Crippen LogP contribution in [0.2, 0.25) is 0 Å². The van der Waals surface area contributed by atoms with Crippen LogP contribution < -0.4 is 4.74 Å². The predicted octanol–water partition coefficient (Wildman–Crippen LogP) is 5.73. The molecule has 0 spiro atoms. The van der Waals surface area contributed by atoms with Crippen molar-refractivity contribution in [2.24, 2.45) is 0 Å². The number of hydrogen-bond acceptors (Lipinski definition) is 6. The number of methoxy groups -OCH3 is 1. The first-order chi connectivity index (χ1) is 19.7. The number of halogens is 3. The highest BCUT2D eigenvalue weighted by Gasteiger charge is 2.19. The van der Waals surface area contributed by atoms with Gasteiger partial charge in [-0.3, -0.25) is 0 Å². The maximum Gasteiger partial charge on any atom is 0.335 e. The van der Waals surface area contributed by atoms with Gasteiger partial charge in [0.25, 0.3) is 0 Å². The summed E-state index contributed by atoms with van der Waals surface area (Å²) in [7, 11) is 1.53. The topological polar surface area (TPSA) is 99.4 Å². The van der Waals surface area contributed by atoms with Crippen LogP contribution in [-0.2, 0) is 24.3 Å². The molecule has 0 aliphatic carbocycles. The highest BCUT2D eigenvalue weighted by Crippen LogP contribution is 2.27. The third kappa shape index (κ3) is 6.04. The number of benzene rings is 3. The standard InChI is InChI=1S/C30H25F3N4O4/c1-17-3-4-19(22(31)11-17)16-41-28-7-8-34-29(36-28)21-15-23(32)20(12-24(21)33)14-27-35-25-6-5-18(30(38)39)13-26(25)37(27)9-10-40-2/h3-8,11-13,15H,9-10,14,16H2,1-2H3,(H,38,39). The number of carboxylic acid groups (broad SMARTS) is 1. The molecule has 3 aromatic carbocycles. The van der Waals surface area contributed by atoms with E-state index in [9.17, 15) is 14.3 Å². The van der Waals surface area contributed by atoms with Crippen molar-refractivity contribution >= 4 is 17.0 Å². The molecule has 1 N–H and O–H groups in total. The van der Waals surface area contributed by atoms with Gasteiger partial charge in [-0.25, -0.2) is 27.9 Å². The number of nitrogens with zero attached hydrogens (tertiary/aromatic N) is 4. The molecule has 5 rings (SSSR count). The molecule has 0 atom stereocenters. The molecule has 0 radical (unpaired) electrons. The highest BCUT2D eigenvalue weighted by molar-refractivity contribution is 5.92. The fraction of sp³-hybridized carbons (Fsp3) is 0.200. The Morgan fingerprint density at radius 2 is 1.76 bits per heavy atom. The number of ether oxygens (including phenoxy) is 2. The van der Waals surface area contributed by atoms with Gasteiger partial charge in [-0.1, -0.05) is 12.1 Å². The zero-order valence-corrected chi connectivity index (χ0v) is 22.2. The Morgan fingerprint density at radius 3 is 2.51 bits per heavy atom. The minimum absolute atomic E-state index is 0.0425. The van der Waals surface area contributed by atoms with Gasteiger partial charge < -0.3 is 19.1 Å². The summed E-state index contributed by atoms with van der Waals surface area (Å²) in [5, 5.41) is 9.38. The van der Waals surface area contributed by atoms with Gasteiger partial charge in [-0.15, -0.1) is 0 Å². The van der Waals surface area contributed by atoms with Gasteiger partial charge >= 0.3 is 5.97 Å². The number of rotatable bonds is 10. The molecule has 11 heteroatoms. The fourth-order valence-electron chi connectivity index (χ4n) is 4.41. The van der Waals surface area contributed by atoms with Crippen LogP contribution in [0.1, 0.15) is 32.9 Å². The Bertz CT molecular complexity index is 1760. The van der Waals surface area contributed by atoms with Crippen molar-refractivity contribution in [3.8, 4) is 17.3 Å². The Hall–Kier alpha value is -4.77. The van der Waals surface area contributed by atoms with Gasteiger partial charge in [0.2, 0.25) is 5.88 Å². The summed E-state index contributed by atoms with van der Waals surface area (Å²) < 4.78 is 57.2. The zero-order valence-electron chi connectivity index (χ0n) is 22.2. The van der Waals surface area contributed by atoms with E-state index in [1.165, 1.54) is 37.6 Å². The number of fused-ring (bicyclic) bond motifs is 1. The van der Waals surface area contributed by atoms with E-state index < -0.39 is 23.4 Å². The van der Waals surface area contributed by atoms with E-state index in [2.05, 4.69) is 15.0 Å².